The number of benzene rings is 1. The summed E-state index contributed by atoms with van der Waals surface area (Å²) in [5.41, 5.74) is -0.258. The number of aliphatic hydroxyl groups excluding tert-OH is 2. The lowest BCUT2D eigenvalue weighted by Crippen LogP contribution is -2.36. The van der Waals surface area contributed by atoms with Gasteiger partial charge in [0.25, 0.3) is 0 Å². The summed E-state index contributed by atoms with van der Waals surface area (Å²) >= 11 is 0. The van der Waals surface area contributed by atoms with E-state index in [1.165, 1.54) is 6.42 Å². The summed E-state index contributed by atoms with van der Waals surface area (Å²) in [6.07, 6.45) is 5.51. The third-order valence-electron chi connectivity index (χ3n) is 4.82. The van der Waals surface area contributed by atoms with Crippen molar-refractivity contribution < 1.29 is 15.3 Å². The molecule has 0 aliphatic heterocycles. The lowest BCUT2D eigenvalue weighted by molar-refractivity contribution is 0.0158. The van der Waals surface area contributed by atoms with Gasteiger partial charge < -0.3 is 15.3 Å². The predicted molar refractivity (Wildman–Crippen MR) is 95.3 cm³/mol. The molecule has 0 spiro atoms. The second kappa shape index (κ2) is 9.80. The quantitative estimate of drug-likeness (QED) is 0.666. The molecular formula is C20H29NO3. The van der Waals surface area contributed by atoms with E-state index in [1.807, 2.05) is 35.2 Å². The first-order valence-corrected chi connectivity index (χ1v) is 8.92. The Morgan fingerprint density at radius 3 is 2.21 bits per heavy atom. The van der Waals surface area contributed by atoms with Gasteiger partial charge in [-0.25, -0.2) is 0 Å². The van der Waals surface area contributed by atoms with E-state index in [2.05, 4.69) is 11.8 Å². The van der Waals surface area contributed by atoms with Crippen molar-refractivity contribution in [2.75, 3.05) is 32.8 Å². The van der Waals surface area contributed by atoms with E-state index < -0.39 is 5.60 Å². The molecule has 0 aromatic heterocycles. The van der Waals surface area contributed by atoms with Gasteiger partial charge in [-0.15, -0.1) is 0 Å². The van der Waals surface area contributed by atoms with Crippen molar-refractivity contribution in [1.82, 2.24) is 4.90 Å². The fraction of sp³-hybridized carbons (Fsp3) is 0.600. The molecule has 1 aliphatic rings. The van der Waals surface area contributed by atoms with E-state index >= 15 is 0 Å². The molecule has 4 heteroatoms. The maximum Gasteiger partial charge on any atom is 0.153 e. The van der Waals surface area contributed by atoms with Gasteiger partial charge in [0, 0.05) is 19.0 Å². The van der Waals surface area contributed by atoms with Crippen LogP contribution in [0.3, 0.4) is 0 Å². The average molecular weight is 331 g/mol. The van der Waals surface area contributed by atoms with Gasteiger partial charge in [0.2, 0.25) is 0 Å². The second-order valence-corrected chi connectivity index (χ2v) is 6.49. The van der Waals surface area contributed by atoms with Crippen molar-refractivity contribution in [2.45, 2.75) is 37.7 Å². The summed E-state index contributed by atoms with van der Waals surface area (Å²) in [6, 6.07) is 9.72. The third-order valence-corrected chi connectivity index (χ3v) is 4.82. The molecule has 4 nitrogen and oxygen atoms in total. The third kappa shape index (κ3) is 5.06. The molecule has 1 fully saturated rings. The van der Waals surface area contributed by atoms with Gasteiger partial charge >= 0.3 is 0 Å². The monoisotopic (exact) mass is 331 g/mol. The van der Waals surface area contributed by atoms with Gasteiger partial charge in [0.15, 0.2) is 5.60 Å². The maximum atomic E-state index is 11.4. The first-order valence-electron chi connectivity index (χ1n) is 8.92. The zero-order chi connectivity index (χ0) is 17.3. The summed E-state index contributed by atoms with van der Waals surface area (Å²) in [5.74, 6) is 6.38. The lowest BCUT2D eigenvalue weighted by atomic mass is 9.73. The highest BCUT2D eigenvalue weighted by Gasteiger charge is 2.37. The standard InChI is InChI=1S/C20H29NO3/c22-16-14-21(15-17-23)13-7-12-20(24,18-8-3-1-4-9-18)19-10-5-2-6-11-19/h1,3-4,8-9,19,22-24H,2,5-6,10-11,13-17H2/t20-/m0/s1. The first-order chi connectivity index (χ1) is 11.7. The molecule has 1 atom stereocenters. The molecule has 1 aromatic rings. The summed E-state index contributed by atoms with van der Waals surface area (Å²) in [4.78, 5) is 1.89. The number of hydrogen-bond donors (Lipinski definition) is 3. The molecule has 24 heavy (non-hydrogen) atoms. The Kier molecular flexibility index (Phi) is 7.74. The highest BCUT2D eigenvalue weighted by Crippen LogP contribution is 2.38. The van der Waals surface area contributed by atoms with Crippen LogP contribution >= 0.6 is 0 Å². The molecule has 0 amide bonds. The molecule has 0 radical (unpaired) electrons. The Labute approximate surface area is 145 Å². The Hall–Kier alpha value is -1.38. The van der Waals surface area contributed by atoms with E-state index in [0.717, 1.165) is 31.2 Å². The SMILES string of the molecule is OCCN(CC#C[C@](O)(c1ccccc1)C1CCCCC1)CCO. The molecule has 3 N–H and O–H groups in total. The summed E-state index contributed by atoms with van der Waals surface area (Å²) < 4.78 is 0. The van der Waals surface area contributed by atoms with Gasteiger partial charge in [-0.2, -0.15) is 0 Å². The molecule has 132 valence electrons. The molecule has 1 aliphatic carbocycles. The molecule has 0 unspecified atom stereocenters. The van der Waals surface area contributed by atoms with Crippen LogP contribution in [0.15, 0.2) is 30.3 Å². The Morgan fingerprint density at radius 1 is 1.00 bits per heavy atom. The van der Waals surface area contributed by atoms with Crippen LogP contribution in [0.25, 0.3) is 0 Å². The van der Waals surface area contributed by atoms with Crippen LogP contribution in [0, 0.1) is 17.8 Å². The van der Waals surface area contributed by atoms with Crippen LogP contribution in [0.1, 0.15) is 37.7 Å². The number of rotatable bonds is 7. The van der Waals surface area contributed by atoms with Crippen molar-refractivity contribution in [3.05, 3.63) is 35.9 Å². The van der Waals surface area contributed by atoms with Crippen LogP contribution in [-0.2, 0) is 5.60 Å². The topological polar surface area (TPSA) is 63.9 Å². The van der Waals surface area contributed by atoms with Gasteiger partial charge in [-0.05, 0) is 18.4 Å². The van der Waals surface area contributed by atoms with Crippen molar-refractivity contribution >= 4 is 0 Å². The second-order valence-electron chi connectivity index (χ2n) is 6.49. The summed E-state index contributed by atoms with van der Waals surface area (Å²) in [5, 5.41) is 29.6. The Balaban J connectivity index is 2.19. The number of hydrogen-bond acceptors (Lipinski definition) is 4. The molecule has 1 aromatic carbocycles. The predicted octanol–water partition coefficient (Wildman–Crippen LogP) is 1.74. The fourth-order valence-electron chi connectivity index (χ4n) is 3.46. The number of aliphatic hydroxyl groups is 3. The first kappa shape index (κ1) is 19.0. The molecule has 1 saturated carbocycles. The average Bonchev–Trinajstić information content (AvgIpc) is 2.63. The molecule has 0 heterocycles. The summed E-state index contributed by atoms with van der Waals surface area (Å²) in [6.45, 7) is 1.45. The van der Waals surface area contributed by atoms with Crippen LogP contribution < -0.4 is 0 Å². The largest absolute Gasteiger partial charge is 0.395 e. The lowest BCUT2D eigenvalue weighted by Gasteiger charge is -2.35. The van der Waals surface area contributed by atoms with Crippen LogP contribution in [0.4, 0.5) is 0 Å². The summed E-state index contributed by atoms with van der Waals surface area (Å²) in [7, 11) is 0. The van der Waals surface area contributed by atoms with Gasteiger partial charge in [0.05, 0.1) is 19.8 Å². The normalized spacial score (nSPS) is 18.0. The smallest absolute Gasteiger partial charge is 0.153 e. The zero-order valence-corrected chi connectivity index (χ0v) is 14.3. The van der Waals surface area contributed by atoms with Gasteiger partial charge in [-0.3, -0.25) is 4.90 Å². The van der Waals surface area contributed by atoms with Crippen LogP contribution in [-0.4, -0.2) is 53.1 Å². The number of nitrogens with zero attached hydrogens (tertiary/aromatic N) is 1. The van der Waals surface area contributed by atoms with E-state index in [0.29, 0.717) is 19.6 Å². The van der Waals surface area contributed by atoms with Gasteiger partial charge in [0.1, 0.15) is 0 Å². The van der Waals surface area contributed by atoms with Crippen molar-refractivity contribution in [3.63, 3.8) is 0 Å². The van der Waals surface area contributed by atoms with Crippen molar-refractivity contribution in [3.8, 4) is 11.8 Å². The fourth-order valence-corrected chi connectivity index (χ4v) is 3.46. The molecule has 2 rings (SSSR count). The molecule has 0 bridgehead atoms. The molecule has 0 saturated heterocycles. The van der Waals surface area contributed by atoms with Crippen LogP contribution in [0.5, 0.6) is 0 Å². The molecular weight excluding hydrogens is 302 g/mol. The van der Waals surface area contributed by atoms with Crippen molar-refractivity contribution in [1.29, 1.82) is 0 Å². The Bertz CT molecular complexity index is 525. The minimum Gasteiger partial charge on any atom is -0.395 e. The highest BCUT2D eigenvalue weighted by molar-refractivity contribution is 5.33. The van der Waals surface area contributed by atoms with Gasteiger partial charge in [-0.1, -0.05) is 61.4 Å². The maximum absolute atomic E-state index is 11.4. The Morgan fingerprint density at radius 2 is 1.62 bits per heavy atom. The van der Waals surface area contributed by atoms with Crippen LogP contribution in [0.2, 0.25) is 0 Å². The minimum atomic E-state index is -1.12. The van der Waals surface area contributed by atoms with E-state index in [1.54, 1.807) is 0 Å². The van der Waals surface area contributed by atoms with Crippen molar-refractivity contribution in [2.24, 2.45) is 5.92 Å². The van der Waals surface area contributed by atoms with E-state index in [9.17, 15) is 5.11 Å². The van der Waals surface area contributed by atoms with E-state index in [-0.39, 0.29) is 19.1 Å². The minimum absolute atomic E-state index is 0.0350. The van der Waals surface area contributed by atoms with E-state index in [4.69, 9.17) is 10.2 Å². The zero-order valence-electron chi connectivity index (χ0n) is 14.3. The highest BCUT2D eigenvalue weighted by atomic mass is 16.3.